The van der Waals surface area contributed by atoms with Gasteiger partial charge in [0.1, 0.15) is 0 Å². The summed E-state index contributed by atoms with van der Waals surface area (Å²) < 4.78 is 0. The van der Waals surface area contributed by atoms with E-state index in [-0.39, 0.29) is 5.91 Å². The van der Waals surface area contributed by atoms with Crippen LogP contribution in [0.1, 0.15) is 12.8 Å². The first-order valence-corrected chi connectivity index (χ1v) is 5.20. The minimum absolute atomic E-state index is 0.158. The van der Waals surface area contributed by atoms with Gasteiger partial charge < -0.3 is 5.32 Å². The van der Waals surface area contributed by atoms with Crippen molar-refractivity contribution in [2.75, 3.05) is 19.6 Å². The smallest absolute Gasteiger partial charge is 0.234 e. The maximum Gasteiger partial charge on any atom is 0.234 e. The highest BCUT2D eigenvalue weighted by Crippen LogP contribution is 2.12. The van der Waals surface area contributed by atoms with Gasteiger partial charge in [0.2, 0.25) is 5.91 Å². The Hall–Kier alpha value is -1.09. The largest absolute Gasteiger partial charge is 0.355 e. The summed E-state index contributed by atoms with van der Waals surface area (Å²) in [5.74, 6) is 0.158. The second kappa shape index (κ2) is 4.42. The minimum Gasteiger partial charge on any atom is -0.355 e. The maximum atomic E-state index is 11.3. The first-order valence-electron chi connectivity index (χ1n) is 5.20. The lowest BCUT2D eigenvalue weighted by Crippen LogP contribution is -2.39. The fourth-order valence-electron chi connectivity index (χ4n) is 1.95. The van der Waals surface area contributed by atoms with Crippen molar-refractivity contribution in [3.8, 4) is 0 Å². The topological polar surface area (TPSA) is 32.3 Å². The van der Waals surface area contributed by atoms with E-state index in [1.165, 1.54) is 0 Å². The molecule has 1 heterocycles. The minimum atomic E-state index is 0.158. The molecule has 14 heavy (non-hydrogen) atoms. The summed E-state index contributed by atoms with van der Waals surface area (Å²) >= 11 is 0. The molecule has 0 radical (unpaired) electrons. The van der Waals surface area contributed by atoms with Gasteiger partial charge >= 0.3 is 0 Å². The third-order valence-electron chi connectivity index (χ3n) is 2.72. The van der Waals surface area contributed by atoms with Crippen molar-refractivity contribution in [1.29, 1.82) is 0 Å². The summed E-state index contributed by atoms with van der Waals surface area (Å²) in [6, 6.07) is 0.420. The molecular formula is C11H16N2O. The molecule has 0 saturated carbocycles. The Balaban J connectivity index is 1.98. The lowest BCUT2D eigenvalue weighted by atomic mass is 10.1. The van der Waals surface area contributed by atoms with E-state index in [2.05, 4.69) is 34.5 Å². The van der Waals surface area contributed by atoms with Crippen LogP contribution in [0.5, 0.6) is 0 Å². The van der Waals surface area contributed by atoms with Crippen molar-refractivity contribution >= 4 is 5.91 Å². The molecular weight excluding hydrogens is 176 g/mol. The molecule has 1 N–H and O–H groups in total. The predicted molar refractivity (Wildman–Crippen MR) is 55.9 cm³/mol. The van der Waals surface area contributed by atoms with Gasteiger partial charge in [0.05, 0.1) is 6.54 Å². The van der Waals surface area contributed by atoms with Crippen molar-refractivity contribution in [2.45, 2.75) is 18.9 Å². The van der Waals surface area contributed by atoms with Gasteiger partial charge in [0, 0.05) is 19.1 Å². The molecule has 3 nitrogen and oxygen atoms in total. The number of hydrogen-bond donors (Lipinski definition) is 1. The Morgan fingerprint density at radius 1 is 1.43 bits per heavy atom. The number of carbonyl (C=O) groups excluding carboxylic acids is 1. The van der Waals surface area contributed by atoms with Crippen molar-refractivity contribution in [3.05, 3.63) is 24.3 Å². The fraction of sp³-hybridized carbons (Fsp3) is 0.545. The Kier molecular flexibility index (Phi) is 2.99. The standard InChI is InChI=1S/C11H16N2O/c14-11-9-13(8-4-7-12-11)10-5-2-1-3-6-10/h1-3,5,10H,4,6-9H2,(H,12,14). The number of carbonyl (C=O) groups is 1. The van der Waals surface area contributed by atoms with E-state index in [1.807, 2.05) is 0 Å². The maximum absolute atomic E-state index is 11.3. The van der Waals surface area contributed by atoms with Crippen LogP contribution in [0.15, 0.2) is 24.3 Å². The van der Waals surface area contributed by atoms with Crippen LogP contribution in [0.25, 0.3) is 0 Å². The molecule has 1 aliphatic carbocycles. The molecule has 0 bridgehead atoms. The molecule has 1 saturated heterocycles. The molecule has 1 fully saturated rings. The van der Waals surface area contributed by atoms with Gasteiger partial charge in [-0.25, -0.2) is 0 Å². The zero-order valence-corrected chi connectivity index (χ0v) is 8.28. The molecule has 2 aliphatic rings. The summed E-state index contributed by atoms with van der Waals surface area (Å²) in [5, 5.41) is 2.89. The van der Waals surface area contributed by atoms with Gasteiger partial charge in [-0.05, 0) is 12.8 Å². The quantitative estimate of drug-likeness (QED) is 0.663. The predicted octanol–water partition coefficient (Wildman–Crippen LogP) is 0.693. The molecule has 2 rings (SSSR count). The molecule has 3 heteroatoms. The van der Waals surface area contributed by atoms with Crippen molar-refractivity contribution < 1.29 is 4.79 Å². The van der Waals surface area contributed by atoms with Gasteiger partial charge in [0.25, 0.3) is 0 Å². The molecule has 1 atom stereocenters. The van der Waals surface area contributed by atoms with E-state index in [4.69, 9.17) is 0 Å². The molecule has 0 aromatic heterocycles. The molecule has 0 aromatic rings. The molecule has 1 aliphatic heterocycles. The first kappa shape index (κ1) is 9.46. The summed E-state index contributed by atoms with van der Waals surface area (Å²) in [6.07, 6.45) is 10.6. The molecule has 0 aromatic carbocycles. The highest BCUT2D eigenvalue weighted by Gasteiger charge is 2.20. The van der Waals surface area contributed by atoms with Crippen LogP contribution < -0.4 is 5.32 Å². The van der Waals surface area contributed by atoms with E-state index < -0.39 is 0 Å². The average molecular weight is 192 g/mol. The number of nitrogens with one attached hydrogen (secondary N) is 1. The number of nitrogens with zero attached hydrogens (tertiary/aromatic N) is 1. The second-order valence-electron chi connectivity index (χ2n) is 3.79. The second-order valence-corrected chi connectivity index (χ2v) is 3.79. The van der Waals surface area contributed by atoms with Gasteiger partial charge in [-0.3, -0.25) is 9.69 Å². The Morgan fingerprint density at radius 3 is 3.14 bits per heavy atom. The molecule has 1 unspecified atom stereocenters. The van der Waals surface area contributed by atoms with Crippen LogP contribution in [0.2, 0.25) is 0 Å². The van der Waals surface area contributed by atoms with E-state index in [0.29, 0.717) is 12.6 Å². The first-order chi connectivity index (χ1) is 6.86. The third kappa shape index (κ3) is 2.23. The number of amides is 1. The molecule has 1 amide bonds. The van der Waals surface area contributed by atoms with Crippen LogP contribution in [0.4, 0.5) is 0 Å². The van der Waals surface area contributed by atoms with E-state index in [0.717, 1.165) is 25.9 Å². The van der Waals surface area contributed by atoms with Gasteiger partial charge in [0.15, 0.2) is 0 Å². The van der Waals surface area contributed by atoms with Gasteiger partial charge in [-0.15, -0.1) is 0 Å². The fourth-order valence-corrected chi connectivity index (χ4v) is 1.95. The van der Waals surface area contributed by atoms with E-state index in [9.17, 15) is 4.79 Å². The SMILES string of the molecule is O=C1CN(C2C=CC=CC2)CCCN1. The van der Waals surface area contributed by atoms with Gasteiger partial charge in [-0.1, -0.05) is 24.3 Å². The van der Waals surface area contributed by atoms with Crippen molar-refractivity contribution in [3.63, 3.8) is 0 Å². The Bertz CT molecular complexity index is 270. The molecule has 76 valence electrons. The molecule has 0 spiro atoms. The van der Waals surface area contributed by atoms with Crippen LogP contribution in [-0.4, -0.2) is 36.5 Å². The normalized spacial score (nSPS) is 28.6. The average Bonchev–Trinajstić information content (AvgIpc) is 2.44. The highest BCUT2D eigenvalue weighted by molar-refractivity contribution is 5.78. The van der Waals surface area contributed by atoms with E-state index in [1.54, 1.807) is 0 Å². The number of rotatable bonds is 1. The lowest BCUT2D eigenvalue weighted by Gasteiger charge is -2.27. The van der Waals surface area contributed by atoms with Crippen molar-refractivity contribution in [1.82, 2.24) is 10.2 Å². The van der Waals surface area contributed by atoms with E-state index >= 15 is 0 Å². The number of allylic oxidation sites excluding steroid dienone is 2. The summed E-state index contributed by atoms with van der Waals surface area (Å²) in [5.41, 5.74) is 0. The summed E-state index contributed by atoms with van der Waals surface area (Å²) in [6.45, 7) is 2.38. The third-order valence-corrected chi connectivity index (χ3v) is 2.72. The van der Waals surface area contributed by atoms with Crippen molar-refractivity contribution in [2.24, 2.45) is 0 Å². The summed E-state index contributed by atoms with van der Waals surface area (Å²) in [7, 11) is 0. The van der Waals surface area contributed by atoms with Crippen LogP contribution in [-0.2, 0) is 4.79 Å². The Labute approximate surface area is 84.5 Å². The highest BCUT2D eigenvalue weighted by atomic mass is 16.2. The number of hydrogen-bond acceptors (Lipinski definition) is 2. The van der Waals surface area contributed by atoms with Crippen LogP contribution in [0, 0.1) is 0 Å². The zero-order chi connectivity index (χ0) is 9.80. The van der Waals surface area contributed by atoms with Crippen LogP contribution >= 0.6 is 0 Å². The monoisotopic (exact) mass is 192 g/mol. The zero-order valence-electron chi connectivity index (χ0n) is 8.28. The summed E-state index contributed by atoms with van der Waals surface area (Å²) in [4.78, 5) is 13.6. The lowest BCUT2D eigenvalue weighted by molar-refractivity contribution is -0.121. The Morgan fingerprint density at radius 2 is 2.36 bits per heavy atom. The van der Waals surface area contributed by atoms with Gasteiger partial charge in [-0.2, -0.15) is 0 Å². The van der Waals surface area contributed by atoms with Crippen LogP contribution in [0.3, 0.4) is 0 Å².